The Kier molecular flexibility index (Phi) is 4.83. The third-order valence-electron chi connectivity index (χ3n) is 3.41. The summed E-state index contributed by atoms with van der Waals surface area (Å²) in [5.41, 5.74) is 0.0346. The van der Waals surface area contributed by atoms with E-state index in [1.54, 1.807) is 6.92 Å². The summed E-state index contributed by atoms with van der Waals surface area (Å²) >= 11 is 0. The lowest BCUT2D eigenvalue weighted by molar-refractivity contribution is -0.384. The lowest BCUT2D eigenvalue weighted by Crippen LogP contribution is -2.10. The molecule has 0 heterocycles. The number of rotatable bonds is 5. The van der Waals surface area contributed by atoms with Crippen LogP contribution in [0.4, 0.5) is 20.2 Å². The molecular weight excluding hydrogens is 342 g/mol. The van der Waals surface area contributed by atoms with E-state index in [4.69, 9.17) is 0 Å². The number of nitrogens with zero attached hydrogens (tertiary/aromatic N) is 1. The van der Waals surface area contributed by atoms with Crippen molar-refractivity contribution in [1.82, 2.24) is 0 Å². The number of benzene rings is 2. The maximum atomic E-state index is 13.3. The molecule has 0 spiro atoms. The second-order valence-electron chi connectivity index (χ2n) is 5.25. The summed E-state index contributed by atoms with van der Waals surface area (Å²) < 4.78 is 49.3. The predicted octanol–water partition coefficient (Wildman–Crippen LogP) is 3.45. The van der Waals surface area contributed by atoms with Crippen LogP contribution in [-0.2, 0) is 9.84 Å². The average molecular weight is 356 g/mol. The number of hydrogen-bond donors (Lipinski definition) is 1. The lowest BCUT2D eigenvalue weighted by atomic mass is 10.1. The van der Waals surface area contributed by atoms with Gasteiger partial charge in [-0.05, 0) is 36.8 Å². The van der Waals surface area contributed by atoms with Crippen molar-refractivity contribution in [3.63, 3.8) is 0 Å². The summed E-state index contributed by atoms with van der Waals surface area (Å²) in [5, 5.41) is 14.0. The number of nitrogens with one attached hydrogen (secondary N) is 1. The summed E-state index contributed by atoms with van der Waals surface area (Å²) in [4.78, 5) is 10.3. The summed E-state index contributed by atoms with van der Waals surface area (Å²) in [6.45, 7) is 1.61. The van der Waals surface area contributed by atoms with E-state index in [2.05, 4.69) is 5.32 Å². The highest BCUT2D eigenvalue weighted by Gasteiger charge is 2.20. The molecule has 1 N–H and O–H groups in total. The van der Waals surface area contributed by atoms with Crippen molar-refractivity contribution in [3.05, 3.63) is 63.7 Å². The van der Waals surface area contributed by atoms with Gasteiger partial charge in [-0.2, -0.15) is 0 Å². The first-order valence-corrected chi connectivity index (χ1v) is 8.68. The molecule has 0 saturated heterocycles. The van der Waals surface area contributed by atoms with Crippen molar-refractivity contribution in [2.75, 3.05) is 11.6 Å². The van der Waals surface area contributed by atoms with Crippen LogP contribution in [0.25, 0.3) is 0 Å². The zero-order valence-electron chi connectivity index (χ0n) is 12.8. The first-order valence-electron chi connectivity index (χ1n) is 6.79. The van der Waals surface area contributed by atoms with E-state index in [9.17, 15) is 27.3 Å². The molecule has 2 aromatic carbocycles. The maximum Gasteiger partial charge on any atom is 0.293 e. The van der Waals surface area contributed by atoms with Crippen molar-refractivity contribution in [2.45, 2.75) is 17.9 Å². The van der Waals surface area contributed by atoms with Gasteiger partial charge in [0.2, 0.25) is 0 Å². The van der Waals surface area contributed by atoms with Gasteiger partial charge in [-0.1, -0.05) is 6.07 Å². The fraction of sp³-hybridized carbons (Fsp3) is 0.200. The van der Waals surface area contributed by atoms with Crippen LogP contribution in [0, 0.1) is 21.7 Å². The van der Waals surface area contributed by atoms with E-state index in [0.717, 1.165) is 24.5 Å². The van der Waals surface area contributed by atoms with Crippen LogP contribution in [0.3, 0.4) is 0 Å². The average Bonchev–Trinajstić information content (AvgIpc) is 2.49. The van der Waals surface area contributed by atoms with Crippen molar-refractivity contribution < 1.29 is 22.1 Å². The maximum absolute atomic E-state index is 13.3. The Hall–Kier alpha value is -2.55. The molecule has 2 rings (SSSR count). The van der Waals surface area contributed by atoms with Crippen LogP contribution in [0.5, 0.6) is 0 Å². The monoisotopic (exact) mass is 356 g/mol. The fourth-order valence-electron chi connectivity index (χ4n) is 2.11. The molecule has 9 heteroatoms. The Morgan fingerprint density at radius 1 is 1.12 bits per heavy atom. The number of sulfone groups is 1. The molecule has 0 radical (unpaired) electrons. The van der Waals surface area contributed by atoms with Gasteiger partial charge in [0.1, 0.15) is 5.69 Å². The van der Waals surface area contributed by atoms with E-state index >= 15 is 0 Å². The molecule has 128 valence electrons. The predicted molar refractivity (Wildman–Crippen MR) is 84.6 cm³/mol. The van der Waals surface area contributed by atoms with E-state index in [1.807, 2.05) is 0 Å². The van der Waals surface area contributed by atoms with Gasteiger partial charge in [-0.15, -0.1) is 0 Å². The van der Waals surface area contributed by atoms with Gasteiger partial charge in [0.15, 0.2) is 21.5 Å². The highest BCUT2D eigenvalue weighted by atomic mass is 32.2. The summed E-state index contributed by atoms with van der Waals surface area (Å²) in [6.07, 6.45) is 0.947. The van der Waals surface area contributed by atoms with Gasteiger partial charge in [0.25, 0.3) is 5.69 Å². The lowest BCUT2D eigenvalue weighted by Gasteiger charge is -2.16. The molecule has 0 bridgehead atoms. The zero-order chi connectivity index (χ0) is 18.1. The Labute approximate surface area is 137 Å². The van der Waals surface area contributed by atoms with Gasteiger partial charge in [-0.25, -0.2) is 17.2 Å². The second-order valence-corrected chi connectivity index (χ2v) is 7.26. The standard InChI is InChI=1S/C15H14F2N2O4S/c1-9(10-3-5-12(16)13(17)7-10)18-14-6-4-11(24(2,22)23)8-15(14)19(20)21/h3-9,18H,1-2H3/t9-/m0/s1. The molecule has 0 aliphatic heterocycles. The Bertz CT molecular complexity index is 900. The van der Waals surface area contributed by atoms with Crippen molar-refractivity contribution in [3.8, 4) is 0 Å². The zero-order valence-corrected chi connectivity index (χ0v) is 13.6. The quantitative estimate of drug-likeness (QED) is 0.655. The summed E-state index contributed by atoms with van der Waals surface area (Å²) in [7, 11) is -3.59. The topological polar surface area (TPSA) is 89.3 Å². The summed E-state index contributed by atoms with van der Waals surface area (Å²) in [6, 6.07) is 6.20. The summed E-state index contributed by atoms with van der Waals surface area (Å²) in [5.74, 6) is -2.02. The normalized spacial score (nSPS) is 12.7. The molecule has 0 aliphatic rings. The molecule has 0 aliphatic carbocycles. The van der Waals surface area contributed by atoms with Gasteiger partial charge >= 0.3 is 0 Å². The van der Waals surface area contributed by atoms with Gasteiger partial charge in [0.05, 0.1) is 9.82 Å². The minimum absolute atomic E-state index is 0.0737. The number of halogens is 2. The Morgan fingerprint density at radius 3 is 2.33 bits per heavy atom. The van der Waals surface area contributed by atoms with E-state index in [1.165, 1.54) is 18.2 Å². The number of nitro groups is 1. The molecule has 24 heavy (non-hydrogen) atoms. The van der Waals surface area contributed by atoms with Gasteiger partial charge in [-0.3, -0.25) is 10.1 Å². The van der Waals surface area contributed by atoms with E-state index in [0.29, 0.717) is 5.56 Å². The van der Waals surface area contributed by atoms with Crippen molar-refractivity contribution >= 4 is 21.2 Å². The second kappa shape index (κ2) is 6.52. The van der Waals surface area contributed by atoms with Crippen LogP contribution in [0.1, 0.15) is 18.5 Å². The third kappa shape index (κ3) is 3.85. The molecule has 0 saturated carbocycles. The molecule has 6 nitrogen and oxygen atoms in total. The largest absolute Gasteiger partial charge is 0.373 e. The number of hydrogen-bond acceptors (Lipinski definition) is 5. The Balaban J connectivity index is 2.38. The number of anilines is 1. The molecule has 0 fully saturated rings. The fourth-order valence-corrected chi connectivity index (χ4v) is 2.75. The molecule has 1 atom stereocenters. The molecule has 0 unspecified atom stereocenters. The van der Waals surface area contributed by atoms with E-state index < -0.39 is 38.1 Å². The van der Waals surface area contributed by atoms with E-state index in [-0.39, 0.29) is 10.6 Å². The third-order valence-corrected chi connectivity index (χ3v) is 4.52. The van der Waals surface area contributed by atoms with Crippen LogP contribution in [0.2, 0.25) is 0 Å². The number of nitro benzene ring substituents is 1. The van der Waals surface area contributed by atoms with Crippen LogP contribution in [0.15, 0.2) is 41.3 Å². The minimum Gasteiger partial charge on any atom is -0.373 e. The first kappa shape index (κ1) is 17.8. The molecular formula is C15H14F2N2O4S. The Morgan fingerprint density at radius 2 is 1.79 bits per heavy atom. The highest BCUT2D eigenvalue weighted by molar-refractivity contribution is 7.90. The van der Waals surface area contributed by atoms with Crippen LogP contribution < -0.4 is 5.32 Å². The van der Waals surface area contributed by atoms with Gasteiger partial charge < -0.3 is 5.32 Å². The molecule has 0 aromatic heterocycles. The molecule has 0 amide bonds. The SMILES string of the molecule is C[C@H](Nc1ccc(S(C)(=O)=O)cc1[N+](=O)[O-])c1ccc(F)c(F)c1. The van der Waals surface area contributed by atoms with Crippen molar-refractivity contribution in [1.29, 1.82) is 0 Å². The smallest absolute Gasteiger partial charge is 0.293 e. The molecule has 2 aromatic rings. The highest BCUT2D eigenvalue weighted by Crippen LogP contribution is 2.31. The minimum atomic E-state index is -3.59. The van der Waals surface area contributed by atoms with Crippen molar-refractivity contribution in [2.24, 2.45) is 0 Å². The van der Waals surface area contributed by atoms with Crippen LogP contribution >= 0.6 is 0 Å². The van der Waals surface area contributed by atoms with Crippen LogP contribution in [-0.4, -0.2) is 19.6 Å². The first-order chi connectivity index (χ1) is 11.1. The van der Waals surface area contributed by atoms with Gasteiger partial charge in [0, 0.05) is 18.4 Å².